The summed E-state index contributed by atoms with van der Waals surface area (Å²) in [4.78, 5) is 12.9. The van der Waals surface area contributed by atoms with Crippen molar-refractivity contribution in [3.05, 3.63) is 12.2 Å². The molecule has 1 aliphatic rings. The van der Waals surface area contributed by atoms with Crippen molar-refractivity contribution >= 4 is 11.2 Å². The molecule has 0 aliphatic carbocycles. The van der Waals surface area contributed by atoms with Crippen molar-refractivity contribution in [3.8, 4) is 5.88 Å². The monoisotopic (exact) mass is 264 g/mol. The third kappa shape index (κ3) is 2.04. The Morgan fingerprint density at radius 3 is 3.00 bits per heavy atom. The number of fused-ring (bicyclic) bond motifs is 1. The molecule has 3 heterocycles. The Kier molecular flexibility index (Phi) is 3.08. The van der Waals surface area contributed by atoms with E-state index in [1.807, 2.05) is 11.5 Å². The maximum Gasteiger partial charge on any atom is 0.245 e. The number of aliphatic hydroxyl groups excluding tert-OH is 1. The SMILES string of the molecule is COc1nc(C)nc2c1ncn2[C@H]1CC[C@@H](CO)O1. The Balaban J connectivity index is 2.03. The van der Waals surface area contributed by atoms with Crippen LogP contribution in [0.2, 0.25) is 0 Å². The number of imidazole rings is 1. The van der Waals surface area contributed by atoms with E-state index in [0.29, 0.717) is 22.9 Å². The quantitative estimate of drug-likeness (QED) is 0.883. The van der Waals surface area contributed by atoms with E-state index in [-0.39, 0.29) is 18.9 Å². The number of ether oxygens (including phenoxy) is 2. The van der Waals surface area contributed by atoms with Crippen LogP contribution in [0.4, 0.5) is 0 Å². The standard InChI is InChI=1S/C12H16N4O3/c1-7-14-11-10(12(15-7)18-2)13-6-16(11)9-4-3-8(5-17)19-9/h6,8-9,17H,3-5H2,1-2H3/t8-,9+/m0/s1. The molecule has 2 aromatic heterocycles. The molecule has 0 unspecified atom stereocenters. The van der Waals surface area contributed by atoms with Gasteiger partial charge in [0.15, 0.2) is 11.2 Å². The van der Waals surface area contributed by atoms with Gasteiger partial charge < -0.3 is 14.6 Å². The van der Waals surface area contributed by atoms with Crippen molar-refractivity contribution in [3.63, 3.8) is 0 Å². The third-order valence-corrected chi connectivity index (χ3v) is 3.29. The summed E-state index contributed by atoms with van der Waals surface area (Å²) in [6, 6.07) is 0. The molecule has 0 spiro atoms. The molecule has 7 heteroatoms. The Morgan fingerprint density at radius 2 is 2.32 bits per heavy atom. The first-order valence-corrected chi connectivity index (χ1v) is 6.24. The average Bonchev–Trinajstić information content (AvgIpc) is 3.03. The highest BCUT2D eigenvalue weighted by molar-refractivity contribution is 5.76. The van der Waals surface area contributed by atoms with Gasteiger partial charge in [0.25, 0.3) is 0 Å². The molecular formula is C12H16N4O3. The zero-order valence-corrected chi connectivity index (χ0v) is 10.9. The van der Waals surface area contributed by atoms with Gasteiger partial charge in [-0.1, -0.05) is 0 Å². The van der Waals surface area contributed by atoms with Crippen LogP contribution in [0.3, 0.4) is 0 Å². The molecule has 1 aliphatic heterocycles. The second-order valence-electron chi connectivity index (χ2n) is 4.58. The normalized spacial score (nSPS) is 23.1. The minimum absolute atomic E-state index is 0.0421. The van der Waals surface area contributed by atoms with Crippen molar-refractivity contribution in [2.45, 2.75) is 32.1 Å². The average molecular weight is 264 g/mol. The number of hydrogen-bond acceptors (Lipinski definition) is 6. The molecule has 3 rings (SSSR count). The topological polar surface area (TPSA) is 82.3 Å². The van der Waals surface area contributed by atoms with E-state index in [4.69, 9.17) is 14.6 Å². The van der Waals surface area contributed by atoms with Crippen molar-refractivity contribution in [1.29, 1.82) is 0 Å². The van der Waals surface area contributed by atoms with Crippen LogP contribution in [0.15, 0.2) is 6.33 Å². The van der Waals surface area contributed by atoms with E-state index in [1.54, 1.807) is 13.4 Å². The van der Waals surface area contributed by atoms with Crippen molar-refractivity contribution in [1.82, 2.24) is 19.5 Å². The maximum absolute atomic E-state index is 9.13. The summed E-state index contributed by atoms with van der Waals surface area (Å²) in [6.07, 6.45) is 3.11. The molecule has 1 fully saturated rings. The first-order valence-electron chi connectivity index (χ1n) is 6.24. The lowest BCUT2D eigenvalue weighted by Gasteiger charge is -2.14. The molecule has 0 aromatic carbocycles. The second-order valence-corrected chi connectivity index (χ2v) is 4.58. The molecule has 1 saturated heterocycles. The summed E-state index contributed by atoms with van der Waals surface area (Å²) in [5.74, 6) is 1.10. The lowest BCUT2D eigenvalue weighted by molar-refractivity contribution is -0.0207. The fourth-order valence-electron chi connectivity index (χ4n) is 2.37. The first kappa shape index (κ1) is 12.3. The van der Waals surface area contributed by atoms with Gasteiger partial charge in [-0.25, -0.2) is 9.97 Å². The number of hydrogen-bond donors (Lipinski definition) is 1. The van der Waals surface area contributed by atoms with Gasteiger partial charge in [-0.3, -0.25) is 4.57 Å². The molecule has 1 N–H and O–H groups in total. The molecule has 0 radical (unpaired) electrons. The lowest BCUT2D eigenvalue weighted by Crippen LogP contribution is -2.14. The molecule has 2 aromatic rings. The van der Waals surface area contributed by atoms with Crippen LogP contribution in [0.1, 0.15) is 24.9 Å². The summed E-state index contributed by atoms with van der Waals surface area (Å²) < 4.78 is 12.8. The van der Waals surface area contributed by atoms with E-state index >= 15 is 0 Å². The van der Waals surface area contributed by atoms with E-state index in [2.05, 4.69) is 15.0 Å². The molecule has 0 bridgehead atoms. The van der Waals surface area contributed by atoms with E-state index in [1.165, 1.54) is 0 Å². The first-order chi connectivity index (χ1) is 9.22. The fraction of sp³-hybridized carbons (Fsp3) is 0.583. The predicted octanol–water partition coefficient (Wildman–Crippen LogP) is 0.813. The highest BCUT2D eigenvalue weighted by atomic mass is 16.5. The summed E-state index contributed by atoms with van der Waals surface area (Å²) >= 11 is 0. The third-order valence-electron chi connectivity index (χ3n) is 3.29. The van der Waals surface area contributed by atoms with Gasteiger partial charge in [-0.15, -0.1) is 0 Å². The van der Waals surface area contributed by atoms with Crippen LogP contribution in [0, 0.1) is 6.92 Å². The number of aromatic nitrogens is 4. The van der Waals surface area contributed by atoms with Gasteiger partial charge in [-0.2, -0.15) is 4.98 Å². The van der Waals surface area contributed by atoms with Crippen LogP contribution in [-0.2, 0) is 4.74 Å². The molecule has 0 saturated carbocycles. The summed E-state index contributed by atoms with van der Waals surface area (Å²) in [6.45, 7) is 1.85. The Labute approximate surface area is 110 Å². The molecular weight excluding hydrogens is 248 g/mol. The zero-order chi connectivity index (χ0) is 13.4. The number of aryl methyl sites for hydroxylation is 1. The number of rotatable bonds is 3. The number of aliphatic hydroxyl groups is 1. The summed E-state index contributed by atoms with van der Waals surface area (Å²) in [5, 5.41) is 9.13. The summed E-state index contributed by atoms with van der Waals surface area (Å²) in [7, 11) is 1.56. The van der Waals surface area contributed by atoms with Crippen LogP contribution in [0.25, 0.3) is 11.2 Å². The van der Waals surface area contributed by atoms with Gasteiger partial charge in [0.1, 0.15) is 12.1 Å². The molecule has 7 nitrogen and oxygen atoms in total. The number of methoxy groups -OCH3 is 1. The lowest BCUT2D eigenvalue weighted by atomic mass is 10.2. The van der Waals surface area contributed by atoms with Crippen LogP contribution >= 0.6 is 0 Å². The smallest absolute Gasteiger partial charge is 0.245 e. The predicted molar refractivity (Wildman–Crippen MR) is 66.8 cm³/mol. The van der Waals surface area contributed by atoms with Gasteiger partial charge in [0.2, 0.25) is 5.88 Å². The minimum Gasteiger partial charge on any atom is -0.479 e. The molecule has 2 atom stereocenters. The van der Waals surface area contributed by atoms with Crippen LogP contribution in [0.5, 0.6) is 5.88 Å². The number of nitrogens with zero attached hydrogens (tertiary/aromatic N) is 4. The highest BCUT2D eigenvalue weighted by Gasteiger charge is 2.28. The molecule has 102 valence electrons. The van der Waals surface area contributed by atoms with Gasteiger partial charge in [-0.05, 0) is 19.8 Å². The van der Waals surface area contributed by atoms with E-state index in [0.717, 1.165) is 12.8 Å². The second kappa shape index (κ2) is 4.75. The van der Waals surface area contributed by atoms with Crippen molar-refractivity contribution in [2.75, 3.05) is 13.7 Å². The van der Waals surface area contributed by atoms with Gasteiger partial charge >= 0.3 is 0 Å². The van der Waals surface area contributed by atoms with Gasteiger partial charge in [0, 0.05) is 0 Å². The Morgan fingerprint density at radius 1 is 1.47 bits per heavy atom. The largest absolute Gasteiger partial charge is 0.479 e. The Bertz CT molecular complexity index is 598. The summed E-state index contributed by atoms with van der Waals surface area (Å²) in [5.41, 5.74) is 1.33. The van der Waals surface area contributed by atoms with Crippen molar-refractivity contribution < 1.29 is 14.6 Å². The minimum atomic E-state index is -0.138. The Hall–Kier alpha value is -1.73. The van der Waals surface area contributed by atoms with E-state index < -0.39 is 0 Å². The fourth-order valence-corrected chi connectivity index (χ4v) is 2.37. The highest BCUT2D eigenvalue weighted by Crippen LogP contribution is 2.31. The van der Waals surface area contributed by atoms with Crippen LogP contribution < -0.4 is 4.74 Å². The van der Waals surface area contributed by atoms with Crippen molar-refractivity contribution in [2.24, 2.45) is 0 Å². The van der Waals surface area contributed by atoms with E-state index in [9.17, 15) is 0 Å². The van der Waals surface area contributed by atoms with Crippen LogP contribution in [-0.4, -0.2) is 44.4 Å². The van der Waals surface area contributed by atoms with Gasteiger partial charge in [0.05, 0.1) is 26.1 Å². The molecule has 0 amide bonds. The molecule has 19 heavy (non-hydrogen) atoms. The zero-order valence-electron chi connectivity index (χ0n) is 10.9. The maximum atomic E-state index is 9.13.